The fourth-order valence-electron chi connectivity index (χ4n) is 4.92. The summed E-state index contributed by atoms with van der Waals surface area (Å²) < 4.78 is 12.2. The second-order valence-electron chi connectivity index (χ2n) is 11.2. The zero-order valence-electron chi connectivity index (χ0n) is 20.5. The highest BCUT2D eigenvalue weighted by Crippen LogP contribution is 2.41. The minimum atomic E-state index is -0.606. The second kappa shape index (κ2) is 10.0. The molecule has 0 radical (unpaired) electrons. The molecule has 0 amide bonds. The van der Waals surface area contributed by atoms with Crippen molar-refractivity contribution in [2.45, 2.75) is 143 Å². The Balaban J connectivity index is 1.98. The highest BCUT2D eigenvalue weighted by atomic mass is 16.6. The molecule has 174 valence electrons. The van der Waals surface area contributed by atoms with E-state index in [0.29, 0.717) is 19.3 Å². The van der Waals surface area contributed by atoms with Gasteiger partial charge in [-0.15, -0.1) is 0 Å². The fraction of sp³-hybridized carbons (Fsp3) is 0.923. The van der Waals surface area contributed by atoms with Gasteiger partial charge in [0.25, 0.3) is 0 Å². The molecular formula is C26H46O4. The van der Waals surface area contributed by atoms with E-state index < -0.39 is 10.8 Å². The molecule has 2 rings (SSSR count). The zero-order chi connectivity index (χ0) is 22.5. The Bertz CT molecular complexity index is 582. The van der Waals surface area contributed by atoms with Crippen LogP contribution in [0.3, 0.4) is 0 Å². The molecule has 4 heteroatoms. The van der Waals surface area contributed by atoms with E-state index in [-0.39, 0.29) is 23.1 Å². The first-order valence-electron chi connectivity index (χ1n) is 12.5. The maximum atomic E-state index is 13.1. The van der Waals surface area contributed by atoms with E-state index in [2.05, 4.69) is 13.8 Å². The predicted octanol–water partition coefficient (Wildman–Crippen LogP) is 7.13. The number of ether oxygens (including phenoxy) is 2. The summed E-state index contributed by atoms with van der Waals surface area (Å²) >= 11 is 0. The van der Waals surface area contributed by atoms with Crippen LogP contribution in [0.5, 0.6) is 0 Å². The van der Waals surface area contributed by atoms with Crippen LogP contribution in [-0.4, -0.2) is 23.1 Å². The molecule has 0 aromatic rings. The first-order chi connectivity index (χ1) is 14.0. The molecule has 2 aliphatic rings. The zero-order valence-corrected chi connectivity index (χ0v) is 20.5. The highest BCUT2D eigenvalue weighted by Gasteiger charge is 2.43. The van der Waals surface area contributed by atoms with Gasteiger partial charge in [-0.25, -0.2) is 0 Å². The van der Waals surface area contributed by atoms with Gasteiger partial charge in [-0.3, -0.25) is 9.59 Å². The van der Waals surface area contributed by atoms with Gasteiger partial charge in [-0.2, -0.15) is 0 Å². The molecule has 4 nitrogen and oxygen atoms in total. The average molecular weight is 423 g/mol. The molecule has 0 N–H and O–H groups in total. The molecule has 2 saturated carbocycles. The van der Waals surface area contributed by atoms with E-state index in [4.69, 9.17) is 9.47 Å². The molecule has 0 aromatic carbocycles. The average Bonchev–Trinajstić information content (AvgIpc) is 2.72. The first-order valence-corrected chi connectivity index (χ1v) is 12.5. The number of rotatable bonds is 9. The Hall–Kier alpha value is -1.06. The molecule has 2 fully saturated rings. The van der Waals surface area contributed by atoms with Crippen molar-refractivity contribution < 1.29 is 19.1 Å². The third kappa shape index (κ3) is 6.23. The Labute approximate surface area is 184 Å². The van der Waals surface area contributed by atoms with Crippen LogP contribution < -0.4 is 0 Å². The van der Waals surface area contributed by atoms with Crippen molar-refractivity contribution in [3.63, 3.8) is 0 Å². The summed E-state index contributed by atoms with van der Waals surface area (Å²) in [4.78, 5) is 26.2. The Morgan fingerprint density at radius 3 is 1.80 bits per heavy atom. The van der Waals surface area contributed by atoms with E-state index in [1.807, 2.05) is 27.7 Å². The van der Waals surface area contributed by atoms with Gasteiger partial charge >= 0.3 is 11.9 Å². The van der Waals surface area contributed by atoms with Gasteiger partial charge in [0.05, 0.1) is 10.8 Å². The number of hydrogen-bond donors (Lipinski definition) is 0. The topological polar surface area (TPSA) is 52.6 Å². The maximum absolute atomic E-state index is 13.1. The summed E-state index contributed by atoms with van der Waals surface area (Å²) in [5.41, 5.74) is -1.78. The van der Waals surface area contributed by atoms with Crippen LogP contribution in [0.1, 0.15) is 131 Å². The van der Waals surface area contributed by atoms with E-state index in [9.17, 15) is 9.59 Å². The van der Waals surface area contributed by atoms with Crippen molar-refractivity contribution in [1.82, 2.24) is 0 Å². The summed E-state index contributed by atoms with van der Waals surface area (Å²) in [6.45, 7) is 12.2. The summed E-state index contributed by atoms with van der Waals surface area (Å²) in [7, 11) is 0. The van der Waals surface area contributed by atoms with Crippen molar-refractivity contribution in [1.29, 1.82) is 0 Å². The fourth-order valence-corrected chi connectivity index (χ4v) is 4.92. The van der Waals surface area contributed by atoms with Crippen LogP contribution in [0.15, 0.2) is 0 Å². The predicted molar refractivity (Wildman–Crippen MR) is 121 cm³/mol. The van der Waals surface area contributed by atoms with Gasteiger partial charge in [0, 0.05) is 0 Å². The molecule has 0 spiro atoms. The van der Waals surface area contributed by atoms with Crippen molar-refractivity contribution in [3.05, 3.63) is 0 Å². The van der Waals surface area contributed by atoms with Gasteiger partial charge in [0.15, 0.2) is 0 Å². The van der Waals surface area contributed by atoms with E-state index in [0.717, 1.165) is 57.8 Å². The number of esters is 2. The summed E-state index contributed by atoms with van der Waals surface area (Å²) in [6.07, 6.45) is 13.7. The molecule has 0 heterocycles. The monoisotopic (exact) mass is 422 g/mol. The van der Waals surface area contributed by atoms with Gasteiger partial charge < -0.3 is 9.47 Å². The largest absolute Gasteiger partial charge is 0.459 e. The Morgan fingerprint density at radius 2 is 1.30 bits per heavy atom. The minimum absolute atomic E-state index is 0.101. The van der Waals surface area contributed by atoms with E-state index in [1.165, 1.54) is 12.8 Å². The lowest BCUT2D eigenvalue weighted by Crippen LogP contribution is -2.42. The minimum Gasteiger partial charge on any atom is -0.459 e. The van der Waals surface area contributed by atoms with Crippen molar-refractivity contribution in [2.75, 3.05) is 0 Å². The van der Waals surface area contributed by atoms with Gasteiger partial charge in [0.1, 0.15) is 11.2 Å². The van der Waals surface area contributed by atoms with Crippen LogP contribution in [0, 0.1) is 10.8 Å². The number of carbonyl (C=O) groups is 2. The quantitative estimate of drug-likeness (QED) is 0.371. The van der Waals surface area contributed by atoms with Gasteiger partial charge in [-0.05, 0) is 105 Å². The second-order valence-corrected chi connectivity index (χ2v) is 11.2. The molecule has 0 aliphatic heterocycles. The smallest absolute Gasteiger partial charge is 0.312 e. The van der Waals surface area contributed by atoms with E-state index in [1.54, 1.807) is 0 Å². The van der Waals surface area contributed by atoms with Crippen LogP contribution in [0.4, 0.5) is 0 Å². The van der Waals surface area contributed by atoms with Crippen molar-refractivity contribution in [2.24, 2.45) is 10.8 Å². The van der Waals surface area contributed by atoms with Gasteiger partial charge in [0.2, 0.25) is 0 Å². The highest BCUT2D eigenvalue weighted by molar-refractivity contribution is 5.78. The molecule has 0 bridgehead atoms. The standard InChI is InChI=1S/C26H46O4/c1-7-24(5,22(28)29-25(6)15-11-9-12-16-25)20-19-23(3,4)21(27)30-26(8-2)17-13-10-14-18-26/h7-20H2,1-6H3. The SMILES string of the molecule is CCC1(OC(=O)C(C)(C)CCC(C)(CC)C(=O)OC2(C)CCCCC2)CCCCC1. The molecule has 0 aromatic heterocycles. The maximum Gasteiger partial charge on any atom is 0.312 e. The first kappa shape index (κ1) is 25.2. The lowest BCUT2D eigenvalue weighted by molar-refractivity contribution is -0.179. The lowest BCUT2D eigenvalue weighted by atomic mass is 9.75. The lowest BCUT2D eigenvalue weighted by Gasteiger charge is -2.40. The van der Waals surface area contributed by atoms with E-state index >= 15 is 0 Å². The van der Waals surface area contributed by atoms with Crippen LogP contribution in [0.25, 0.3) is 0 Å². The Kier molecular flexibility index (Phi) is 8.43. The molecular weight excluding hydrogens is 376 g/mol. The summed E-state index contributed by atoms with van der Waals surface area (Å²) in [5, 5.41) is 0. The molecule has 1 atom stereocenters. The van der Waals surface area contributed by atoms with Crippen LogP contribution in [0.2, 0.25) is 0 Å². The summed E-state index contributed by atoms with van der Waals surface area (Å²) in [5.74, 6) is -0.215. The van der Waals surface area contributed by atoms with Crippen molar-refractivity contribution in [3.8, 4) is 0 Å². The summed E-state index contributed by atoms with van der Waals surface area (Å²) in [6, 6.07) is 0. The van der Waals surface area contributed by atoms with Gasteiger partial charge in [-0.1, -0.05) is 26.7 Å². The van der Waals surface area contributed by atoms with Crippen LogP contribution >= 0.6 is 0 Å². The molecule has 2 aliphatic carbocycles. The molecule has 30 heavy (non-hydrogen) atoms. The third-order valence-corrected chi connectivity index (χ3v) is 8.10. The molecule has 1 unspecified atom stereocenters. The third-order valence-electron chi connectivity index (χ3n) is 8.10. The molecule has 0 saturated heterocycles. The Morgan fingerprint density at radius 1 is 0.767 bits per heavy atom. The number of hydrogen-bond acceptors (Lipinski definition) is 4. The number of carbonyl (C=O) groups excluding carboxylic acids is 2. The van der Waals surface area contributed by atoms with Crippen molar-refractivity contribution >= 4 is 11.9 Å². The normalized spacial score (nSPS) is 23.3. The van der Waals surface area contributed by atoms with Crippen LogP contribution in [-0.2, 0) is 19.1 Å².